The number of nitrogens with zero attached hydrogens (tertiary/aromatic N) is 4. The topological polar surface area (TPSA) is 137 Å². The molecule has 0 fully saturated rings. The monoisotopic (exact) mass is 348 g/mol. The summed E-state index contributed by atoms with van der Waals surface area (Å²) in [5.74, 6) is -0.142. The van der Waals surface area contributed by atoms with Crippen molar-refractivity contribution in [1.29, 1.82) is 5.26 Å². The average molecular weight is 348 g/mol. The van der Waals surface area contributed by atoms with Crippen LogP contribution in [-0.4, -0.2) is 31.7 Å². The quantitative estimate of drug-likeness (QED) is 0.578. The molecule has 3 aromatic rings. The molecule has 0 amide bonds. The number of H-pyrrole nitrogens is 1. The van der Waals surface area contributed by atoms with E-state index in [1.807, 2.05) is 6.07 Å². The fourth-order valence-corrected chi connectivity index (χ4v) is 2.06. The average Bonchev–Trinajstić information content (AvgIpc) is 3.18. The molecule has 0 saturated heterocycles. The molecular formula is C17H12N6O3. The van der Waals surface area contributed by atoms with Crippen molar-refractivity contribution in [2.75, 3.05) is 5.32 Å². The van der Waals surface area contributed by atoms with Crippen LogP contribution in [0.1, 0.15) is 16.2 Å². The Hall–Kier alpha value is -4.19. The van der Waals surface area contributed by atoms with Gasteiger partial charge in [-0.1, -0.05) is 12.1 Å². The minimum Gasteiger partial charge on any atom is -0.478 e. The number of tetrazole rings is 1. The molecule has 1 heterocycles. The lowest BCUT2D eigenvalue weighted by Gasteiger charge is -2.09. The Bertz CT molecular complexity index is 974. The molecule has 0 aliphatic rings. The van der Waals surface area contributed by atoms with Gasteiger partial charge in [0.25, 0.3) is 0 Å². The highest BCUT2D eigenvalue weighted by atomic mass is 16.5. The highest BCUT2D eigenvalue weighted by Gasteiger charge is 2.11. The molecule has 3 N–H and O–H groups in total. The van der Waals surface area contributed by atoms with E-state index in [1.54, 1.807) is 42.5 Å². The van der Waals surface area contributed by atoms with E-state index in [-0.39, 0.29) is 22.7 Å². The summed E-state index contributed by atoms with van der Waals surface area (Å²) in [4.78, 5) is 11.2. The second-order valence-corrected chi connectivity index (χ2v) is 4.98. The Kier molecular flexibility index (Phi) is 4.86. The third-order valence-corrected chi connectivity index (χ3v) is 3.29. The molecule has 26 heavy (non-hydrogen) atoms. The van der Waals surface area contributed by atoms with Crippen LogP contribution in [0.25, 0.3) is 5.57 Å². The fourth-order valence-electron chi connectivity index (χ4n) is 2.06. The van der Waals surface area contributed by atoms with Gasteiger partial charge in [-0.05, 0) is 41.6 Å². The number of aromatic amines is 1. The summed E-state index contributed by atoms with van der Waals surface area (Å²) in [5.41, 5.74) is 0.992. The van der Waals surface area contributed by atoms with E-state index >= 15 is 0 Å². The van der Waals surface area contributed by atoms with Crippen molar-refractivity contribution in [1.82, 2.24) is 20.6 Å². The number of carbonyl (C=O) groups is 1. The maximum atomic E-state index is 11.2. The summed E-state index contributed by atoms with van der Waals surface area (Å²) in [6.45, 7) is 0. The number of benzene rings is 2. The third kappa shape index (κ3) is 3.82. The molecule has 0 atom stereocenters. The van der Waals surface area contributed by atoms with Crippen LogP contribution in [0, 0.1) is 11.3 Å². The molecule has 0 spiro atoms. The summed E-state index contributed by atoms with van der Waals surface area (Å²) in [7, 11) is 0. The van der Waals surface area contributed by atoms with Crippen LogP contribution in [0.5, 0.6) is 11.5 Å². The van der Waals surface area contributed by atoms with Gasteiger partial charge in [-0.2, -0.15) is 10.5 Å². The number of allylic oxidation sites excluding steroid dienone is 1. The number of aromatic nitrogens is 4. The van der Waals surface area contributed by atoms with Crippen molar-refractivity contribution in [3.63, 3.8) is 0 Å². The number of carboxylic acids is 1. The van der Waals surface area contributed by atoms with Gasteiger partial charge < -0.3 is 15.2 Å². The Morgan fingerprint density at radius 2 is 2.00 bits per heavy atom. The first-order chi connectivity index (χ1) is 12.7. The van der Waals surface area contributed by atoms with Gasteiger partial charge in [0.05, 0.1) is 0 Å². The van der Waals surface area contributed by atoms with Gasteiger partial charge in [-0.3, -0.25) is 0 Å². The zero-order chi connectivity index (χ0) is 18.4. The number of hydrogen-bond donors (Lipinski definition) is 3. The molecule has 0 radical (unpaired) electrons. The van der Waals surface area contributed by atoms with Crippen molar-refractivity contribution < 1.29 is 14.6 Å². The van der Waals surface area contributed by atoms with E-state index in [9.17, 15) is 9.90 Å². The molecule has 0 bridgehead atoms. The Labute approximate surface area is 147 Å². The number of aromatic carboxylic acids is 1. The Morgan fingerprint density at radius 3 is 2.65 bits per heavy atom. The van der Waals surface area contributed by atoms with Crippen molar-refractivity contribution in [2.45, 2.75) is 0 Å². The number of ether oxygens (including phenoxy) is 1. The number of nitrogens with one attached hydrogen (secondary N) is 2. The highest BCUT2D eigenvalue weighted by Crippen LogP contribution is 2.26. The second-order valence-electron chi connectivity index (χ2n) is 4.98. The standard InChI is InChI=1S/C17H12N6O3/c18-9-11(16-20-22-23-21-16)10-19-12-5-7-13(8-6-12)26-15-4-2-1-3-14(15)17(24)25/h1-8,10,19H,(H,24,25)(H,20,21,22,23). The third-order valence-electron chi connectivity index (χ3n) is 3.29. The predicted octanol–water partition coefficient (Wildman–Crippen LogP) is 2.67. The lowest BCUT2D eigenvalue weighted by Crippen LogP contribution is -1.99. The SMILES string of the molecule is N#CC(=CNc1ccc(Oc2ccccc2C(=O)O)cc1)c1nn[nH]n1. The zero-order valence-corrected chi connectivity index (χ0v) is 13.2. The van der Waals surface area contributed by atoms with Gasteiger partial charge in [-0.15, -0.1) is 10.2 Å². The van der Waals surface area contributed by atoms with Crippen LogP contribution in [0.15, 0.2) is 54.7 Å². The second kappa shape index (κ2) is 7.59. The van der Waals surface area contributed by atoms with Crippen LogP contribution in [-0.2, 0) is 0 Å². The molecule has 0 aliphatic carbocycles. The van der Waals surface area contributed by atoms with Gasteiger partial charge in [0.15, 0.2) is 0 Å². The zero-order valence-electron chi connectivity index (χ0n) is 13.2. The van der Waals surface area contributed by atoms with Crippen LogP contribution in [0.2, 0.25) is 0 Å². The lowest BCUT2D eigenvalue weighted by atomic mass is 10.2. The summed E-state index contributed by atoms with van der Waals surface area (Å²) in [6, 6.07) is 15.2. The van der Waals surface area contributed by atoms with E-state index < -0.39 is 5.97 Å². The van der Waals surface area contributed by atoms with Gasteiger partial charge in [-0.25, -0.2) is 4.79 Å². The number of rotatable bonds is 6. The molecule has 0 unspecified atom stereocenters. The van der Waals surface area contributed by atoms with Crippen LogP contribution in [0.3, 0.4) is 0 Å². The molecule has 1 aromatic heterocycles. The molecule has 0 aliphatic heterocycles. The van der Waals surface area contributed by atoms with Gasteiger partial charge in [0.1, 0.15) is 28.7 Å². The predicted molar refractivity (Wildman–Crippen MR) is 91.3 cm³/mol. The van der Waals surface area contributed by atoms with Crippen molar-refractivity contribution >= 4 is 17.2 Å². The lowest BCUT2D eigenvalue weighted by molar-refractivity contribution is 0.0694. The van der Waals surface area contributed by atoms with Crippen molar-refractivity contribution in [3.05, 3.63) is 66.1 Å². The summed E-state index contributed by atoms with van der Waals surface area (Å²) < 4.78 is 5.62. The fraction of sp³-hybridized carbons (Fsp3) is 0. The maximum Gasteiger partial charge on any atom is 0.339 e. The van der Waals surface area contributed by atoms with Crippen LogP contribution in [0.4, 0.5) is 5.69 Å². The first kappa shape index (κ1) is 16.7. The normalized spacial score (nSPS) is 10.8. The maximum absolute atomic E-state index is 11.2. The first-order valence-corrected chi connectivity index (χ1v) is 7.38. The molecule has 128 valence electrons. The summed E-state index contributed by atoms with van der Waals surface area (Å²) in [5, 5.41) is 34.4. The van der Waals surface area contributed by atoms with E-state index in [0.29, 0.717) is 11.4 Å². The van der Waals surface area contributed by atoms with Gasteiger partial charge >= 0.3 is 5.97 Å². The molecule has 0 saturated carbocycles. The molecular weight excluding hydrogens is 336 g/mol. The largest absolute Gasteiger partial charge is 0.478 e. The Balaban J connectivity index is 1.72. The van der Waals surface area contributed by atoms with Gasteiger partial charge in [0, 0.05) is 11.9 Å². The summed E-state index contributed by atoms with van der Waals surface area (Å²) in [6.07, 6.45) is 1.46. The number of carboxylic acid groups (broad SMARTS) is 1. The summed E-state index contributed by atoms with van der Waals surface area (Å²) >= 11 is 0. The van der Waals surface area contributed by atoms with E-state index in [1.165, 1.54) is 12.3 Å². The highest BCUT2D eigenvalue weighted by molar-refractivity contribution is 5.90. The molecule has 2 aromatic carbocycles. The van der Waals surface area contributed by atoms with Crippen molar-refractivity contribution in [3.8, 4) is 17.6 Å². The molecule has 9 nitrogen and oxygen atoms in total. The molecule has 9 heteroatoms. The van der Waals surface area contributed by atoms with Gasteiger partial charge in [0.2, 0.25) is 5.82 Å². The number of para-hydroxylation sites is 1. The van der Waals surface area contributed by atoms with Crippen molar-refractivity contribution in [2.24, 2.45) is 0 Å². The van der Waals surface area contributed by atoms with E-state index in [4.69, 9.17) is 10.00 Å². The van der Waals surface area contributed by atoms with E-state index in [0.717, 1.165) is 0 Å². The Morgan fingerprint density at radius 1 is 1.23 bits per heavy atom. The number of hydrogen-bond acceptors (Lipinski definition) is 7. The van der Waals surface area contributed by atoms with Crippen LogP contribution < -0.4 is 10.1 Å². The minimum absolute atomic E-state index is 0.0800. The minimum atomic E-state index is -1.06. The number of anilines is 1. The first-order valence-electron chi connectivity index (χ1n) is 7.38. The smallest absolute Gasteiger partial charge is 0.339 e. The number of nitriles is 1. The van der Waals surface area contributed by atoms with Crippen LogP contribution >= 0.6 is 0 Å². The molecule has 3 rings (SSSR count). The van der Waals surface area contributed by atoms with E-state index in [2.05, 4.69) is 25.9 Å².